The highest BCUT2D eigenvalue weighted by Crippen LogP contribution is 2.39. The van der Waals surface area contributed by atoms with Crippen molar-refractivity contribution in [3.05, 3.63) is 77.3 Å². The Bertz CT molecular complexity index is 1390. The first-order valence-corrected chi connectivity index (χ1v) is 12.8. The van der Waals surface area contributed by atoms with Crippen molar-refractivity contribution in [2.75, 3.05) is 49.2 Å². The molecule has 8 heteroatoms. The van der Waals surface area contributed by atoms with Crippen molar-refractivity contribution in [3.63, 3.8) is 0 Å². The number of nitrogen functional groups attached to an aromatic ring is 1. The summed E-state index contributed by atoms with van der Waals surface area (Å²) in [4.78, 5) is 19.2. The number of benzene rings is 2. The molecule has 5 rings (SSSR count). The van der Waals surface area contributed by atoms with Gasteiger partial charge in [-0.1, -0.05) is 36.4 Å². The largest absolute Gasteiger partial charge is 0.383 e. The fourth-order valence-electron chi connectivity index (χ4n) is 4.28. The van der Waals surface area contributed by atoms with E-state index in [1.165, 1.54) is 0 Å². The molecule has 0 unspecified atom stereocenters. The van der Waals surface area contributed by atoms with Crippen LogP contribution in [0.5, 0.6) is 0 Å². The number of fused-ring (bicyclic) bond motifs is 1. The van der Waals surface area contributed by atoms with Gasteiger partial charge in [-0.3, -0.25) is 4.90 Å². The van der Waals surface area contributed by atoms with Crippen LogP contribution in [0.25, 0.3) is 27.3 Å². The van der Waals surface area contributed by atoms with E-state index >= 15 is 0 Å². The van der Waals surface area contributed by atoms with Gasteiger partial charge in [-0.05, 0) is 47.7 Å². The average molecular weight is 500 g/mol. The van der Waals surface area contributed by atoms with Gasteiger partial charge in [-0.15, -0.1) is 11.3 Å². The summed E-state index contributed by atoms with van der Waals surface area (Å²) in [6, 6.07) is 15.2. The van der Waals surface area contributed by atoms with Gasteiger partial charge in [-0.25, -0.2) is 9.78 Å². The van der Waals surface area contributed by atoms with Gasteiger partial charge in [0.15, 0.2) is 0 Å². The van der Waals surface area contributed by atoms with E-state index in [4.69, 9.17) is 10.5 Å². The van der Waals surface area contributed by atoms with Crippen molar-refractivity contribution in [3.8, 4) is 11.1 Å². The number of urea groups is 1. The van der Waals surface area contributed by atoms with Crippen molar-refractivity contribution in [2.45, 2.75) is 6.92 Å². The molecule has 0 atom stereocenters. The minimum absolute atomic E-state index is 0.281. The smallest absolute Gasteiger partial charge is 0.323 e. The number of carbonyl (C=O) groups is 1. The first-order chi connectivity index (χ1) is 17.6. The number of morpholine rings is 1. The van der Waals surface area contributed by atoms with Gasteiger partial charge >= 0.3 is 6.03 Å². The number of thiophene rings is 1. The predicted octanol–water partition coefficient (Wildman–Crippen LogP) is 5.84. The zero-order valence-electron chi connectivity index (χ0n) is 20.2. The fraction of sp³-hybridized carbons (Fsp3) is 0.214. The van der Waals surface area contributed by atoms with Crippen LogP contribution in [0.1, 0.15) is 11.1 Å². The first kappa shape index (κ1) is 24.0. The molecule has 184 valence electrons. The lowest BCUT2D eigenvalue weighted by atomic mass is 10.0. The van der Waals surface area contributed by atoms with Crippen LogP contribution in [0, 0.1) is 6.92 Å². The maximum absolute atomic E-state index is 12.4. The van der Waals surface area contributed by atoms with E-state index in [9.17, 15) is 4.79 Å². The highest BCUT2D eigenvalue weighted by molar-refractivity contribution is 7.18. The number of aromatic nitrogens is 1. The van der Waals surface area contributed by atoms with Crippen LogP contribution >= 0.6 is 11.3 Å². The molecule has 1 aliphatic rings. The lowest BCUT2D eigenvalue weighted by molar-refractivity contribution is 0.0435. The van der Waals surface area contributed by atoms with Crippen LogP contribution in [0.15, 0.2) is 66.2 Å². The number of carbonyl (C=O) groups excluding carboxylic acids is 1. The molecule has 2 amide bonds. The van der Waals surface area contributed by atoms with Gasteiger partial charge in [0.25, 0.3) is 0 Å². The SMILES string of the molecule is Cc1cccc(NC(=O)Nc2ccc(-c3csc4c(/C=C/CN5CCOCC5)cnc(N)c34)cc2)c1. The van der Waals surface area contributed by atoms with Gasteiger partial charge in [-0.2, -0.15) is 0 Å². The van der Waals surface area contributed by atoms with E-state index in [2.05, 4.69) is 38.0 Å². The van der Waals surface area contributed by atoms with Crippen LogP contribution in [0.3, 0.4) is 0 Å². The second-order valence-corrected chi connectivity index (χ2v) is 9.67. The summed E-state index contributed by atoms with van der Waals surface area (Å²) >= 11 is 1.67. The molecule has 0 bridgehead atoms. The van der Waals surface area contributed by atoms with Crippen LogP contribution in [-0.4, -0.2) is 48.8 Å². The topological polar surface area (TPSA) is 92.5 Å². The van der Waals surface area contributed by atoms with E-state index in [1.807, 2.05) is 61.7 Å². The molecule has 7 nitrogen and oxygen atoms in total. The summed E-state index contributed by atoms with van der Waals surface area (Å²) < 4.78 is 6.54. The van der Waals surface area contributed by atoms with Gasteiger partial charge in [0.05, 0.1) is 13.2 Å². The third-order valence-electron chi connectivity index (χ3n) is 6.15. The molecule has 4 N–H and O–H groups in total. The third-order valence-corrected chi connectivity index (χ3v) is 7.18. The molecule has 2 aromatic carbocycles. The molecule has 36 heavy (non-hydrogen) atoms. The molecule has 2 aromatic heterocycles. The van der Waals surface area contributed by atoms with Crippen molar-refractivity contribution >= 4 is 50.7 Å². The molecule has 1 saturated heterocycles. The number of ether oxygens (including phenoxy) is 1. The Hall–Kier alpha value is -3.72. The molecule has 1 fully saturated rings. The van der Waals surface area contributed by atoms with Gasteiger partial charge < -0.3 is 21.1 Å². The van der Waals surface area contributed by atoms with Gasteiger partial charge in [0, 0.05) is 58.4 Å². The number of hydrogen-bond donors (Lipinski definition) is 3. The minimum Gasteiger partial charge on any atom is -0.383 e. The minimum atomic E-state index is -0.281. The molecule has 0 spiro atoms. The van der Waals surface area contributed by atoms with E-state index in [1.54, 1.807) is 11.3 Å². The van der Waals surface area contributed by atoms with E-state index in [-0.39, 0.29) is 6.03 Å². The van der Waals surface area contributed by atoms with Crippen molar-refractivity contribution < 1.29 is 9.53 Å². The predicted molar refractivity (Wildman–Crippen MR) is 150 cm³/mol. The Kier molecular flexibility index (Phi) is 7.27. The lowest BCUT2D eigenvalue weighted by Gasteiger charge is -2.25. The Morgan fingerprint density at radius 1 is 1.14 bits per heavy atom. The summed E-state index contributed by atoms with van der Waals surface area (Å²) in [5.41, 5.74) is 12.0. The van der Waals surface area contributed by atoms with Crippen molar-refractivity contribution in [1.29, 1.82) is 0 Å². The second-order valence-electron chi connectivity index (χ2n) is 8.79. The highest BCUT2D eigenvalue weighted by Gasteiger charge is 2.14. The fourth-order valence-corrected chi connectivity index (χ4v) is 5.36. The van der Waals surface area contributed by atoms with Gasteiger partial charge in [0.1, 0.15) is 5.82 Å². The maximum atomic E-state index is 12.4. The Labute approximate surface area is 214 Å². The zero-order valence-corrected chi connectivity index (χ0v) is 21.0. The maximum Gasteiger partial charge on any atom is 0.323 e. The third kappa shape index (κ3) is 5.57. The standard InChI is InChI=1S/C28H29N5O2S/c1-19-4-2-6-23(16-19)32-28(34)31-22-9-7-20(8-10-22)24-18-36-26-21(17-30-27(29)25(24)26)5-3-11-33-12-14-35-15-13-33/h2-10,16-18H,11-15H2,1H3,(H2,29,30)(H2,31,32,34)/b5-3+. The highest BCUT2D eigenvalue weighted by atomic mass is 32.1. The second kappa shape index (κ2) is 10.9. The number of nitrogens with two attached hydrogens (primary N) is 1. The summed E-state index contributed by atoms with van der Waals surface area (Å²) in [6.07, 6.45) is 6.15. The number of aryl methyl sites for hydroxylation is 1. The van der Waals surface area contributed by atoms with E-state index in [0.717, 1.165) is 70.9 Å². The summed E-state index contributed by atoms with van der Waals surface area (Å²) in [7, 11) is 0. The molecule has 0 aliphatic carbocycles. The number of hydrogen-bond acceptors (Lipinski definition) is 6. The molecule has 1 aliphatic heterocycles. The molecular formula is C28H29N5O2S. The van der Waals surface area contributed by atoms with Crippen molar-refractivity contribution in [2.24, 2.45) is 0 Å². The number of pyridine rings is 1. The number of rotatable bonds is 6. The molecule has 0 radical (unpaired) electrons. The van der Waals surface area contributed by atoms with Crippen LogP contribution in [-0.2, 0) is 4.74 Å². The number of nitrogens with zero attached hydrogens (tertiary/aromatic N) is 2. The quantitative estimate of drug-likeness (QED) is 0.310. The molecule has 0 saturated carbocycles. The van der Waals surface area contributed by atoms with Gasteiger partial charge in [0.2, 0.25) is 0 Å². The van der Waals surface area contributed by atoms with Crippen LogP contribution in [0.4, 0.5) is 22.0 Å². The summed E-state index contributed by atoms with van der Waals surface area (Å²) in [6.45, 7) is 6.38. The monoisotopic (exact) mass is 499 g/mol. The molecule has 3 heterocycles. The van der Waals surface area contributed by atoms with Crippen LogP contribution in [0.2, 0.25) is 0 Å². The molecular weight excluding hydrogens is 470 g/mol. The lowest BCUT2D eigenvalue weighted by Crippen LogP contribution is -2.36. The average Bonchev–Trinajstić information content (AvgIpc) is 3.33. The number of nitrogens with one attached hydrogen (secondary N) is 2. The summed E-state index contributed by atoms with van der Waals surface area (Å²) in [5.74, 6) is 0.520. The zero-order chi connectivity index (χ0) is 24.9. The molecule has 4 aromatic rings. The van der Waals surface area contributed by atoms with E-state index in [0.29, 0.717) is 11.5 Å². The summed E-state index contributed by atoms with van der Waals surface area (Å²) in [5, 5.41) is 8.83. The first-order valence-electron chi connectivity index (χ1n) is 11.9. The Morgan fingerprint density at radius 3 is 2.69 bits per heavy atom. The van der Waals surface area contributed by atoms with Crippen molar-refractivity contribution in [1.82, 2.24) is 9.88 Å². The normalized spacial score (nSPS) is 14.4. The number of anilines is 3. The Morgan fingerprint density at radius 2 is 1.92 bits per heavy atom. The Balaban J connectivity index is 1.30. The van der Waals surface area contributed by atoms with Crippen LogP contribution < -0.4 is 16.4 Å². The van der Waals surface area contributed by atoms with E-state index < -0.39 is 0 Å². The number of amides is 2.